The van der Waals surface area contributed by atoms with E-state index >= 15 is 0 Å². The van der Waals surface area contributed by atoms with Crippen LogP contribution in [0.25, 0.3) is 11.0 Å². The number of aromatic carboxylic acids is 1. The largest absolute Gasteiger partial charge is 0.478 e. The Morgan fingerprint density at radius 2 is 2.21 bits per heavy atom. The van der Waals surface area contributed by atoms with Crippen LogP contribution >= 0.6 is 27.5 Å². The van der Waals surface area contributed by atoms with Crippen molar-refractivity contribution in [1.29, 1.82) is 0 Å². The van der Waals surface area contributed by atoms with Gasteiger partial charge in [0.05, 0.1) is 5.02 Å². The van der Waals surface area contributed by atoms with Gasteiger partial charge in [-0.2, -0.15) is 0 Å². The predicted octanol–water partition coefficient (Wildman–Crippen LogP) is 3.55. The zero-order valence-corrected chi connectivity index (χ0v) is 9.09. The lowest BCUT2D eigenvalue weighted by Crippen LogP contribution is -1.93. The van der Waals surface area contributed by atoms with Crippen molar-refractivity contribution < 1.29 is 14.3 Å². The first-order chi connectivity index (χ1) is 6.59. The lowest BCUT2D eigenvalue weighted by Gasteiger charge is -1.95. The molecule has 0 spiro atoms. The lowest BCUT2D eigenvalue weighted by atomic mass is 10.2. The van der Waals surface area contributed by atoms with Gasteiger partial charge < -0.3 is 9.52 Å². The van der Waals surface area contributed by atoms with Gasteiger partial charge in [0.25, 0.3) is 0 Å². The highest BCUT2D eigenvalue weighted by molar-refractivity contribution is 9.10. The van der Waals surface area contributed by atoms with E-state index in [0.29, 0.717) is 16.0 Å². The molecule has 5 heteroatoms. The van der Waals surface area contributed by atoms with Gasteiger partial charge in [-0.25, -0.2) is 4.79 Å². The van der Waals surface area contributed by atoms with Crippen LogP contribution in [0.4, 0.5) is 0 Å². The summed E-state index contributed by atoms with van der Waals surface area (Å²) in [5.74, 6) is -1.03. The highest BCUT2D eigenvalue weighted by atomic mass is 79.9. The minimum Gasteiger partial charge on any atom is -0.478 e. The van der Waals surface area contributed by atoms with Gasteiger partial charge >= 0.3 is 5.97 Å². The van der Waals surface area contributed by atoms with Gasteiger partial charge in [-0.1, -0.05) is 27.5 Å². The highest BCUT2D eigenvalue weighted by Crippen LogP contribution is 2.31. The number of rotatable bonds is 1. The summed E-state index contributed by atoms with van der Waals surface area (Å²) >= 11 is 9.10. The van der Waals surface area contributed by atoms with Crippen LogP contribution < -0.4 is 0 Å². The van der Waals surface area contributed by atoms with E-state index in [2.05, 4.69) is 15.9 Å². The minimum absolute atomic E-state index is 0.114. The Hall–Kier alpha value is -1.000. The second kappa shape index (κ2) is 3.29. The smallest absolute Gasteiger partial charge is 0.339 e. The summed E-state index contributed by atoms with van der Waals surface area (Å²) in [6, 6.07) is 3.31. The Kier molecular flexibility index (Phi) is 2.25. The van der Waals surface area contributed by atoms with Crippen molar-refractivity contribution in [3.8, 4) is 0 Å². The zero-order chi connectivity index (χ0) is 10.3. The summed E-state index contributed by atoms with van der Waals surface area (Å²) in [5.41, 5.74) is 0.510. The van der Waals surface area contributed by atoms with Crippen molar-refractivity contribution in [3.05, 3.63) is 33.5 Å². The molecule has 3 nitrogen and oxygen atoms in total. The predicted molar refractivity (Wildman–Crippen MR) is 55.9 cm³/mol. The number of halogens is 2. The first-order valence-corrected chi connectivity index (χ1v) is 4.86. The Labute approximate surface area is 92.4 Å². The quantitative estimate of drug-likeness (QED) is 0.866. The molecule has 0 saturated carbocycles. The maximum absolute atomic E-state index is 10.8. The van der Waals surface area contributed by atoms with Gasteiger partial charge in [-0.3, -0.25) is 0 Å². The second-order valence-electron chi connectivity index (χ2n) is 2.72. The SMILES string of the molecule is O=C(O)c1coc2c(Cl)cc(Br)cc12. The normalized spacial score (nSPS) is 10.7. The second-order valence-corrected chi connectivity index (χ2v) is 4.04. The average molecular weight is 275 g/mol. The maximum atomic E-state index is 10.8. The molecule has 2 aromatic rings. The summed E-state index contributed by atoms with van der Waals surface area (Å²) in [5, 5.41) is 9.72. The Balaban J connectivity index is 2.85. The fraction of sp³-hybridized carbons (Fsp3) is 0. The van der Waals surface area contributed by atoms with E-state index in [1.165, 1.54) is 6.26 Å². The number of furan rings is 1. The van der Waals surface area contributed by atoms with E-state index < -0.39 is 5.97 Å². The molecule has 0 unspecified atom stereocenters. The third kappa shape index (κ3) is 1.40. The van der Waals surface area contributed by atoms with Crippen molar-refractivity contribution in [2.24, 2.45) is 0 Å². The topological polar surface area (TPSA) is 50.4 Å². The molecule has 0 amide bonds. The van der Waals surface area contributed by atoms with Crippen molar-refractivity contribution in [2.45, 2.75) is 0 Å². The van der Waals surface area contributed by atoms with Crippen LogP contribution in [0.1, 0.15) is 10.4 Å². The third-order valence-corrected chi connectivity index (χ3v) is 2.56. The van der Waals surface area contributed by atoms with Crippen LogP contribution in [-0.4, -0.2) is 11.1 Å². The number of hydrogen-bond acceptors (Lipinski definition) is 2. The first kappa shape index (κ1) is 9.55. The number of hydrogen-bond donors (Lipinski definition) is 1. The molecule has 0 bridgehead atoms. The molecule has 0 aliphatic rings. The number of carboxylic acids is 1. The Bertz CT molecular complexity index is 518. The molecule has 0 radical (unpaired) electrons. The molecule has 14 heavy (non-hydrogen) atoms. The molecule has 72 valence electrons. The lowest BCUT2D eigenvalue weighted by molar-refractivity contribution is 0.0698. The fourth-order valence-corrected chi connectivity index (χ4v) is 2.08. The molecular formula is C9H4BrClO3. The van der Waals surface area contributed by atoms with Crippen LogP contribution in [0.15, 0.2) is 27.3 Å². The van der Waals surface area contributed by atoms with E-state index in [0.717, 1.165) is 4.47 Å². The molecule has 0 fully saturated rings. The van der Waals surface area contributed by atoms with Crippen LogP contribution in [0.2, 0.25) is 5.02 Å². The zero-order valence-electron chi connectivity index (χ0n) is 6.75. The molecule has 2 rings (SSSR count). The van der Waals surface area contributed by atoms with Crippen LogP contribution in [-0.2, 0) is 0 Å². The monoisotopic (exact) mass is 274 g/mol. The number of carbonyl (C=O) groups is 1. The summed E-state index contributed by atoms with van der Waals surface area (Å²) < 4.78 is 5.78. The third-order valence-electron chi connectivity index (χ3n) is 1.82. The van der Waals surface area contributed by atoms with Gasteiger partial charge in [-0.15, -0.1) is 0 Å². The van der Waals surface area contributed by atoms with Crippen molar-refractivity contribution in [2.75, 3.05) is 0 Å². The molecule has 1 heterocycles. The molecule has 0 atom stereocenters. The van der Waals surface area contributed by atoms with Crippen molar-refractivity contribution in [3.63, 3.8) is 0 Å². The van der Waals surface area contributed by atoms with Crippen LogP contribution in [0.5, 0.6) is 0 Å². The standard InChI is InChI=1S/C9H4BrClO3/c10-4-1-5-6(9(12)13)3-14-8(5)7(11)2-4/h1-3H,(H,12,13). The molecular weight excluding hydrogens is 271 g/mol. The molecule has 0 saturated heterocycles. The number of fused-ring (bicyclic) bond motifs is 1. The van der Waals surface area contributed by atoms with Gasteiger partial charge in [0, 0.05) is 9.86 Å². The Morgan fingerprint density at radius 3 is 2.86 bits per heavy atom. The van der Waals surface area contributed by atoms with E-state index in [4.69, 9.17) is 21.1 Å². The average Bonchev–Trinajstić information content (AvgIpc) is 2.47. The van der Waals surface area contributed by atoms with Gasteiger partial charge in [-0.05, 0) is 12.1 Å². The summed E-state index contributed by atoms with van der Waals surface area (Å²) in [6.45, 7) is 0. The fourth-order valence-electron chi connectivity index (χ4n) is 1.23. The molecule has 0 aliphatic carbocycles. The molecule has 0 aliphatic heterocycles. The Morgan fingerprint density at radius 1 is 1.50 bits per heavy atom. The van der Waals surface area contributed by atoms with Gasteiger partial charge in [0.2, 0.25) is 0 Å². The van der Waals surface area contributed by atoms with E-state index in [-0.39, 0.29) is 5.56 Å². The molecule has 1 aromatic carbocycles. The first-order valence-electron chi connectivity index (χ1n) is 3.69. The maximum Gasteiger partial charge on any atom is 0.339 e. The van der Waals surface area contributed by atoms with Gasteiger partial charge in [0.15, 0.2) is 5.58 Å². The van der Waals surface area contributed by atoms with E-state index in [9.17, 15) is 4.79 Å². The van der Waals surface area contributed by atoms with E-state index in [1.54, 1.807) is 12.1 Å². The van der Waals surface area contributed by atoms with Crippen molar-refractivity contribution in [1.82, 2.24) is 0 Å². The van der Waals surface area contributed by atoms with Crippen LogP contribution in [0.3, 0.4) is 0 Å². The van der Waals surface area contributed by atoms with E-state index in [1.807, 2.05) is 0 Å². The van der Waals surface area contributed by atoms with Crippen molar-refractivity contribution >= 4 is 44.5 Å². The summed E-state index contributed by atoms with van der Waals surface area (Å²) in [4.78, 5) is 10.8. The highest BCUT2D eigenvalue weighted by Gasteiger charge is 2.14. The summed E-state index contributed by atoms with van der Waals surface area (Å²) in [6.07, 6.45) is 1.19. The van der Waals surface area contributed by atoms with Crippen LogP contribution in [0, 0.1) is 0 Å². The molecule has 1 N–H and O–H groups in total. The molecule has 1 aromatic heterocycles. The minimum atomic E-state index is -1.03. The summed E-state index contributed by atoms with van der Waals surface area (Å²) in [7, 11) is 0. The number of carboxylic acid groups (broad SMARTS) is 1. The van der Waals surface area contributed by atoms with Gasteiger partial charge in [0.1, 0.15) is 11.8 Å². The number of benzene rings is 1.